The maximum atomic E-state index is 12.5. The molecular formula is C20H15F3N4O4. The summed E-state index contributed by atoms with van der Waals surface area (Å²) in [6.07, 6.45) is -2.31. The third-order valence-corrected chi connectivity index (χ3v) is 3.95. The SMILES string of the molecule is COc1cc(/C=N/Nc2ccc(C(F)(F)F)cn2)ccc1Oc1ccc([N+](=O)[O-])cc1. The lowest BCUT2D eigenvalue weighted by Gasteiger charge is -2.11. The summed E-state index contributed by atoms with van der Waals surface area (Å²) in [5.74, 6) is 1.30. The smallest absolute Gasteiger partial charge is 0.417 e. The minimum atomic E-state index is -4.45. The second-order valence-electron chi connectivity index (χ2n) is 6.06. The van der Waals surface area contributed by atoms with Crippen LogP contribution in [-0.2, 0) is 6.18 Å². The van der Waals surface area contributed by atoms with E-state index in [0.717, 1.165) is 6.07 Å². The number of benzene rings is 2. The van der Waals surface area contributed by atoms with Gasteiger partial charge in [-0.25, -0.2) is 4.98 Å². The molecule has 0 aliphatic rings. The van der Waals surface area contributed by atoms with E-state index < -0.39 is 16.7 Å². The van der Waals surface area contributed by atoms with Crippen LogP contribution in [0.5, 0.6) is 17.2 Å². The highest BCUT2D eigenvalue weighted by Gasteiger charge is 2.30. The van der Waals surface area contributed by atoms with Crippen LogP contribution in [0.3, 0.4) is 0 Å². The number of ether oxygens (including phenoxy) is 2. The summed E-state index contributed by atoms with van der Waals surface area (Å²) in [5.41, 5.74) is 2.25. The Labute approximate surface area is 174 Å². The molecule has 0 radical (unpaired) electrons. The monoisotopic (exact) mass is 432 g/mol. The molecule has 0 bridgehead atoms. The van der Waals surface area contributed by atoms with E-state index in [1.807, 2.05) is 0 Å². The van der Waals surface area contributed by atoms with Crippen molar-refractivity contribution in [1.82, 2.24) is 4.98 Å². The molecule has 1 heterocycles. The topological polar surface area (TPSA) is 98.9 Å². The van der Waals surface area contributed by atoms with Crippen LogP contribution < -0.4 is 14.9 Å². The Morgan fingerprint density at radius 2 is 1.84 bits per heavy atom. The van der Waals surface area contributed by atoms with Crippen molar-refractivity contribution in [3.8, 4) is 17.2 Å². The summed E-state index contributed by atoms with van der Waals surface area (Å²) in [5, 5.41) is 14.7. The first-order valence-electron chi connectivity index (χ1n) is 8.69. The molecule has 11 heteroatoms. The van der Waals surface area contributed by atoms with Crippen LogP contribution in [0, 0.1) is 10.1 Å². The van der Waals surface area contributed by atoms with Gasteiger partial charge < -0.3 is 9.47 Å². The van der Waals surface area contributed by atoms with Gasteiger partial charge in [0.15, 0.2) is 11.5 Å². The first-order chi connectivity index (χ1) is 14.8. The molecule has 0 fully saturated rings. The normalized spacial score (nSPS) is 11.4. The largest absolute Gasteiger partial charge is 0.493 e. The van der Waals surface area contributed by atoms with Crippen LogP contribution in [0.2, 0.25) is 0 Å². The Hall–Kier alpha value is -4.15. The van der Waals surface area contributed by atoms with Crippen molar-refractivity contribution in [2.24, 2.45) is 5.10 Å². The van der Waals surface area contributed by atoms with Gasteiger partial charge in [-0.15, -0.1) is 0 Å². The number of nitrogens with one attached hydrogen (secondary N) is 1. The molecule has 0 saturated carbocycles. The number of hydrogen-bond donors (Lipinski definition) is 1. The zero-order chi connectivity index (χ0) is 22.4. The van der Waals surface area contributed by atoms with Crippen LogP contribution in [0.4, 0.5) is 24.7 Å². The van der Waals surface area contributed by atoms with Crippen LogP contribution in [0.25, 0.3) is 0 Å². The highest BCUT2D eigenvalue weighted by atomic mass is 19.4. The molecule has 0 amide bonds. The van der Waals surface area contributed by atoms with Gasteiger partial charge in [0.05, 0.1) is 23.8 Å². The van der Waals surface area contributed by atoms with E-state index >= 15 is 0 Å². The van der Waals surface area contributed by atoms with Crippen LogP contribution in [-0.4, -0.2) is 23.2 Å². The molecule has 0 aliphatic carbocycles. The number of methoxy groups -OCH3 is 1. The summed E-state index contributed by atoms with van der Waals surface area (Å²) in [6, 6.07) is 12.6. The van der Waals surface area contributed by atoms with Crippen molar-refractivity contribution in [3.05, 3.63) is 82.0 Å². The van der Waals surface area contributed by atoms with Crippen molar-refractivity contribution in [3.63, 3.8) is 0 Å². The Bertz CT molecular complexity index is 1090. The molecule has 0 aliphatic heterocycles. The molecule has 1 aromatic heterocycles. The maximum Gasteiger partial charge on any atom is 0.417 e. The summed E-state index contributed by atoms with van der Waals surface area (Å²) in [4.78, 5) is 13.9. The number of nitro benzene ring substituents is 1. The number of hydrazone groups is 1. The molecule has 160 valence electrons. The van der Waals surface area contributed by atoms with Gasteiger partial charge in [-0.1, -0.05) is 0 Å². The predicted molar refractivity (Wildman–Crippen MR) is 107 cm³/mol. The van der Waals surface area contributed by atoms with Gasteiger partial charge in [-0.3, -0.25) is 15.5 Å². The van der Waals surface area contributed by atoms with Crippen LogP contribution in [0.15, 0.2) is 65.9 Å². The minimum Gasteiger partial charge on any atom is -0.493 e. The number of alkyl halides is 3. The number of nitro groups is 1. The molecule has 0 saturated heterocycles. The van der Waals surface area contributed by atoms with Crippen molar-refractivity contribution < 1.29 is 27.6 Å². The number of non-ortho nitro benzene ring substituents is 1. The molecular weight excluding hydrogens is 417 g/mol. The van der Waals surface area contributed by atoms with Crippen molar-refractivity contribution in [2.45, 2.75) is 6.18 Å². The van der Waals surface area contributed by atoms with E-state index in [-0.39, 0.29) is 11.5 Å². The third kappa shape index (κ3) is 5.69. The van der Waals surface area contributed by atoms with Crippen LogP contribution >= 0.6 is 0 Å². The predicted octanol–water partition coefficient (Wildman–Crippen LogP) is 5.26. The van der Waals surface area contributed by atoms with Crippen LogP contribution in [0.1, 0.15) is 11.1 Å². The van der Waals surface area contributed by atoms with Crippen molar-refractivity contribution >= 4 is 17.7 Å². The highest BCUT2D eigenvalue weighted by Crippen LogP contribution is 2.33. The standard InChI is InChI=1S/C20H15F3N4O4/c1-30-18-10-13(11-25-26-19-9-3-14(12-24-19)20(21,22)23)2-8-17(18)31-16-6-4-15(5-7-16)27(28)29/h2-12H,1H3,(H,24,26)/b25-11+. The maximum absolute atomic E-state index is 12.5. The van der Waals surface area contributed by atoms with E-state index in [4.69, 9.17) is 9.47 Å². The molecule has 0 unspecified atom stereocenters. The Kier molecular flexibility index (Phi) is 6.34. The summed E-state index contributed by atoms with van der Waals surface area (Å²) in [6.45, 7) is 0. The molecule has 31 heavy (non-hydrogen) atoms. The number of rotatable bonds is 7. The van der Waals surface area contributed by atoms with E-state index in [2.05, 4.69) is 15.5 Å². The number of hydrogen-bond acceptors (Lipinski definition) is 7. The lowest BCUT2D eigenvalue weighted by molar-refractivity contribution is -0.384. The fourth-order valence-corrected chi connectivity index (χ4v) is 2.41. The van der Waals surface area contributed by atoms with Gasteiger partial charge in [0.25, 0.3) is 5.69 Å². The zero-order valence-electron chi connectivity index (χ0n) is 16.0. The van der Waals surface area contributed by atoms with Gasteiger partial charge >= 0.3 is 6.18 Å². The molecule has 3 aromatic rings. The lowest BCUT2D eigenvalue weighted by Crippen LogP contribution is -2.05. The zero-order valence-corrected chi connectivity index (χ0v) is 16.0. The fraction of sp³-hybridized carbons (Fsp3) is 0.100. The van der Waals surface area contributed by atoms with Gasteiger partial charge in [-0.2, -0.15) is 18.3 Å². The van der Waals surface area contributed by atoms with E-state index in [1.54, 1.807) is 18.2 Å². The van der Waals surface area contributed by atoms with E-state index in [1.165, 1.54) is 43.7 Å². The Morgan fingerprint density at radius 1 is 1.10 bits per heavy atom. The van der Waals surface area contributed by atoms with E-state index in [0.29, 0.717) is 29.0 Å². The van der Waals surface area contributed by atoms with E-state index in [9.17, 15) is 23.3 Å². The Balaban J connectivity index is 1.67. The van der Waals surface area contributed by atoms with Gasteiger partial charge in [-0.05, 0) is 48.0 Å². The van der Waals surface area contributed by atoms with Crippen molar-refractivity contribution in [1.29, 1.82) is 0 Å². The number of anilines is 1. The summed E-state index contributed by atoms with van der Waals surface area (Å²) < 4.78 is 48.6. The molecule has 0 atom stereocenters. The number of nitrogens with zero attached hydrogens (tertiary/aromatic N) is 3. The van der Waals surface area contributed by atoms with Gasteiger partial charge in [0.2, 0.25) is 0 Å². The molecule has 0 spiro atoms. The average molecular weight is 432 g/mol. The molecule has 2 aromatic carbocycles. The Morgan fingerprint density at radius 3 is 2.42 bits per heavy atom. The van der Waals surface area contributed by atoms with Gasteiger partial charge in [0, 0.05) is 18.3 Å². The summed E-state index contributed by atoms with van der Waals surface area (Å²) in [7, 11) is 1.45. The number of aromatic nitrogens is 1. The molecule has 1 N–H and O–H groups in total. The average Bonchev–Trinajstić information content (AvgIpc) is 2.75. The van der Waals surface area contributed by atoms with Crippen molar-refractivity contribution in [2.75, 3.05) is 12.5 Å². The minimum absolute atomic E-state index is 0.0547. The van der Waals surface area contributed by atoms with Gasteiger partial charge in [0.1, 0.15) is 11.6 Å². The second-order valence-corrected chi connectivity index (χ2v) is 6.06. The molecule has 8 nitrogen and oxygen atoms in total. The molecule has 3 rings (SSSR count). The first kappa shape index (κ1) is 21.6. The lowest BCUT2D eigenvalue weighted by atomic mass is 10.2. The fourth-order valence-electron chi connectivity index (χ4n) is 2.41. The first-order valence-corrected chi connectivity index (χ1v) is 8.69. The third-order valence-electron chi connectivity index (χ3n) is 3.95. The summed E-state index contributed by atoms with van der Waals surface area (Å²) >= 11 is 0. The highest BCUT2D eigenvalue weighted by molar-refractivity contribution is 5.81. The number of pyridine rings is 1. The second kappa shape index (κ2) is 9.11. The number of halogens is 3. The quantitative estimate of drug-likeness (QED) is 0.311.